The molecule has 106 valence electrons. The minimum atomic E-state index is 0.423. The van der Waals surface area contributed by atoms with Gasteiger partial charge in [0.05, 0.1) is 4.47 Å². The molecule has 4 N–H and O–H groups in total. The first kappa shape index (κ1) is 14.5. The fourth-order valence-corrected chi connectivity index (χ4v) is 2.64. The van der Waals surface area contributed by atoms with Crippen LogP contribution in [0.4, 0.5) is 11.8 Å². The predicted molar refractivity (Wildman–Crippen MR) is 80.9 cm³/mol. The average Bonchev–Trinajstić information content (AvgIpc) is 2.47. The Morgan fingerprint density at radius 3 is 2.84 bits per heavy atom. The van der Waals surface area contributed by atoms with E-state index in [2.05, 4.69) is 48.5 Å². The van der Waals surface area contributed by atoms with E-state index in [4.69, 9.17) is 5.84 Å². The van der Waals surface area contributed by atoms with Crippen molar-refractivity contribution in [3.8, 4) is 0 Å². The van der Waals surface area contributed by atoms with Crippen molar-refractivity contribution in [2.24, 2.45) is 11.8 Å². The molecule has 0 radical (unpaired) electrons. The van der Waals surface area contributed by atoms with Crippen LogP contribution in [0.2, 0.25) is 0 Å². The Hall–Kier alpha value is -0.920. The Bertz CT molecular complexity index is 405. The molecule has 0 saturated carbocycles. The Kier molecular flexibility index (Phi) is 5.35. The molecule has 0 spiro atoms. The number of piperidine rings is 1. The van der Waals surface area contributed by atoms with Crippen LogP contribution in [0, 0.1) is 5.92 Å². The average molecular weight is 329 g/mol. The van der Waals surface area contributed by atoms with Crippen LogP contribution in [0.1, 0.15) is 19.8 Å². The lowest BCUT2D eigenvalue weighted by atomic mass is 9.97. The number of hydrazine groups is 1. The second-order valence-corrected chi connectivity index (χ2v) is 5.65. The van der Waals surface area contributed by atoms with Gasteiger partial charge < -0.3 is 10.2 Å². The molecule has 1 aliphatic rings. The second kappa shape index (κ2) is 7.02. The molecule has 2 rings (SSSR count). The molecule has 0 aromatic carbocycles. The zero-order valence-electron chi connectivity index (χ0n) is 11.2. The summed E-state index contributed by atoms with van der Waals surface area (Å²) >= 11 is 3.44. The van der Waals surface area contributed by atoms with Gasteiger partial charge in [-0.05, 0) is 54.3 Å². The van der Waals surface area contributed by atoms with E-state index in [-0.39, 0.29) is 0 Å². The van der Waals surface area contributed by atoms with Crippen molar-refractivity contribution in [2.75, 3.05) is 36.9 Å². The summed E-state index contributed by atoms with van der Waals surface area (Å²) < 4.78 is 0.859. The van der Waals surface area contributed by atoms with Gasteiger partial charge in [0.15, 0.2) is 0 Å². The Morgan fingerprint density at radius 1 is 1.47 bits per heavy atom. The number of nitrogens with two attached hydrogens (primary N) is 1. The first-order chi connectivity index (χ1) is 9.22. The van der Waals surface area contributed by atoms with E-state index in [0.717, 1.165) is 23.4 Å². The van der Waals surface area contributed by atoms with E-state index >= 15 is 0 Å². The molecule has 7 heteroatoms. The minimum absolute atomic E-state index is 0.423. The van der Waals surface area contributed by atoms with Gasteiger partial charge in [-0.3, -0.25) is 5.43 Å². The quantitative estimate of drug-likeness (QED) is 0.563. The van der Waals surface area contributed by atoms with Crippen molar-refractivity contribution in [3.63, 3.8) is 0 Å². The van der Waals surface area contributed by atoms with Crippen molar-refractivity contribution in [1.82, 2.24) is 14.9 Å². The number of nitrogens with zero attached hydrogens (tertiary/aromatic N) is 3. The first-order valence-corrected chi connectivity index (χ1v) is 7.47. The Labute approximate surface area is 122 Å². The van der Waals surface area contributed by atoms with Gasteiger partial charge in [0.2, 0.25) is 5.95 Å². The van der Waals surface area contributed by atoms with Crippen LogP contribution in [-0.2, 0) is 0 Å². The zero-order valence-corrected chi connectivity index (χ0v) is 12.8. The topological polar surface area (TPSA) is 79.1 Å². The number of aromatic nitrogens is 2. The summed E-state index contributed by atoms with van der Waals surface area (Å²) in [4.78, 5) is 10.8. The van der Waals surface area contributed by atoms with Gasteiger partial charge in [-0.2, -0.15) is 4.98 Å². The van der Waals surface area contributed by atoms with Crippen LogP contribution in [0.15, 0.2) is 10.7 Å². The van der Waals surface area contributed by atoms with E-state index in [1.165, 1.54) is 25.9 Å². The summed E-state index contributed by atoms with van der Waals surface area (Å²) in [7, 11) is 0. The molecule has 0 atom stereocenters. The van der Waals surface area contributed by atoms with Crippen LogP contribution in [0.5, 0.6) is 0 Å². The summed E-state index contributed by atoms with van der Waals surface area (Å²) in [5.41, 5.74) is 2.46. The van der Waals surface area contributed by atoms with E-state index < -0.39 is 0 Å². The maximum Gasteiger partial charge on any atom is 0.239 e. The highest BCUT2D eigenvalue weighted by atomic mass is 79.9. The largest absolute Gasteiger partial charge is 0.369 e. The lowest BCUT2D eigenvalue weighted by molar-refractivity contribution is 0.198. The molecule has 0 unspecified atom stereocenters. The molecule has 19 heavy (non-hydrogen) atoms. The molecule has 6 nitrogen and oxygen atoms in total. The van der Waals surface area contributed by atoms with Gasteiger partial charge >= 0.3 is 0 Å². The highest BCUT2D eigenvalue weighted by Crippen LogP contribution is 2.22. The maximum absolute atomic E-state index is 5.31. The molecule has 2 heterocycles. The van der Waals surface area contributed by atoms with Gasteiger partial charge in [-0.25, -0.2) is 10.8 Å². The minimum Gasteiger partial charge on any atom is -0.369 e. The fourth-order valence-electron chi connectivity index (χ4n) is 2.31. The van der Waals surface area contributed by atoms with Gasteiger partial charge in [-0.1, -0.05) is 6.92 Å². The molecule has 1 aliphatic heterocycles. The van der Waals surface area contributed by atoms with Gasteiger partial charge in [0.1, 0.15) is 5.82 Å². The van der Waals surface area contributed by atoms with E-state index in [9.17, 15) is 0 Å². The number of hydrogen-bond acceptors (Lipinski definition) is 6. The van der Waals surface area contributed by atoms with Crippen LogP contribution < -0.4 is 16.6 Å². The molecule has 1 aromatic rings. The smallest absolute Gasteiger partial charge is 0.239 e. The lowest BCUT2D eigenvalue weighted by Crippen LogP contribution is -2.35. The highest BCUT2D eigenvalue weighted by Gasteiger charge is 2.18. The number of anilines is 2. The molecule has 0 amide bonds. The summed E-state index contributed by atoms with van der Waals surface area (Å²) in [6.45, 7) is 6.71. The van der Waals surface area contributed by atoms with E-state index in [1.807, 2.05) is 0 Å². The van der Waals surface area contributed by atoms with Gasteiger partial charge in [-0.15, -0.1) is 0 Å². The summed E-state index contributed by atoms with van der Waals surface area (Å²) in [6.07, 6.45) is 4.18. The number of nitrogens with one attached hydrogen (secondary N) is 2. The monoisotopic (exact) mass is 328 g/mol. The van der Waals surface area contributed by atoms with Crippen LogP contribution in [0.25, 0.3) is 0 Å². The first-order valence-electron chi connectivity index (χ1n) is 6.68. The summed E-state index contributed by atoms with van der Waals surface area (Å²) in [5.74, 6) is 7.24. The molecular formula is C12H21BrN6. The Morgan fingerprint density at radius 2 is 2.21 bits per heavy atom. The molecule has 1 fully saturated rings. The summed E-state index contributed by atoms with van der Waals surface area (Å²) in [5, 5.41) is 3.38. The highest BCUT2D eigenvalue weighted by molar-refractivity contribution is 9.10. The van der Waals surface area contributed by atoms with E-state index in [1.54, 1.807) is 6.20 Å². The zero-order chi connectivity index (χ0) is 13.7. The number of rotatable bonds is 5. The SMILES string of the molecule is CCN1CCC(CNc2nc(NN)ncc2Br)CC1. The van der Waals surface area contributed by atoms with Crippen LogP contribution >= 0.6 is 15.9 Å². The fraction of sp³-hybridized carbons (Fsp3) is 0.667. The third-order valence-electron chi connectivity index (χ3n) is 3.59. The van der Waals surface area contributed by atoms with Crippen molar-refractivity contribution >= 4 is 27.7 Å². The molecule has 1 saturated heterocycles. The van der Waals surface area contributed by atoms with Crippen LogP contribution in [-0.4, -0.2) is 41.0 Å². The van der Waals surface area contributed by atoms with Crippen molar-refractivity contribution in [2.45, 2.75) is 19.8 Å². The molecule has 0 aliphatic carbocycles. The number of hydrogen-bond donors (Lipinski definition) is 3. The summed E-state index contributed by atoms with van der Waals surface area (Å²) in [6, 6.07) is 0. The predicted octanol–water partition coefficient (Wildman–Crippen LogP) is 1.67. The lowest BCUT2D eigenvalue weighted by Gasteiger charge is -2.31. The number of likely N-dealkylation sites (tertiary alicyclic amines) is 1. The van der Waals surface area contributed by atoms with Gasteiger partial charge in [0, 0.05) is 12.7 Å². The Balaban J connectivity index is 1.85. The molecule has 0 bridgehead atoms. The molecule has 1 aromatic heterocycles. The van der Waals surface area contributed by atoms with Gasteiger partial charge in [0.25, 0.3) is 0 Å². The third kappa shape index (κ3) is 4.02. The van der Waals surface area contributed by atoms with Crippen LogP contribution in [0.3, 0.4) is 0 Å². The third-order valence-corrected chi connectivity index (χ3v) is 4.17. The van der Waals surface area contributed by atoms with Crippen molar-refractivity contribution in [3.05, 3.63) is 10.7 Å². The standard InChI is InChI=1S/C12H21BrN6/c1-2-19-5-3-9(4-6-19)7-15-11-10(13)8-16-12(17-11)18-14/h8-9H,2-7,14H2,1H3,(H2,15,16,17,18). The van der Waals surface area contributed by atoms with E-state index in [0.29, 0.717) is 11.9 Å². The number of halogens is 1. The number of nitrogen functional groups attached to an aromatic ring is 1. The molecular weight excluding hydrogens is 308 g/mol. The van der Waals surface area contributed by atoms with Crippen molar-refractivity contribution < 1.29 is 0 Å². The van der Waals surface area contributed by atoms with Crippen molar-refractivity contribution in [1.29, 1.82) is 0 Å². The maximum atomic E-state index is 5.31. The second-order valence-electron chi connectivity index (χ2n) is 4.79. The normalized spacial score (nSPS) is 17.4.